The van der Waals surface area contributed by atoms with Crippen molar-refractivity contribution >= 4 is 11.0 Å². The summed E-state index contributed by atoms with van der Waals surface area (Å²) in [6.07, 6.45) is -0.0795. The van der Waals surface area contributed by atoms with Crippen LogP contribution in [0.4, 0.5) is 0 Å². The maximum atomic E-state index is 12.6. The van der Waals surface area contributed by atoms with Crippen molar-refractivity contribution in [3.05, 3.63) is 58.3 Å². The quantitative estimate of drug-likeness (QED) is 0.442. The van der Waals surface area contributed by atoms with Gasteiger partial charge in [0.25, 0.3) is 0 Å². The molecule has 0 saturated carbocycles. The number of nitrogens with two attached hydrogens (primary N) is 1. The first-order valence-corrected chi connectivity index (χ1v) is 10.7. The third-order valence-electron chi connectivity index (χ3n) is 5.27. The summed E-state index contributed by atoms with van der Waals surface area (Å²) in [5, 5.41) is 29.9. The van der Waals surface area contributed by atoms with Crippen molar-refractivity contribution in [1.82, 2.24) is 0 Å². The highest BCUT2D eigenvalue weighted by atomic mass is 16.6. The molecule has 1 saturated heterocycles. The van der Waals surface area contributed by atoms with Gasteiger partial charge in [0.2, 0.25) is 0 Å². The van der Waals surface area contributed by atoms with E-state index in [1.807, 2.05) is 13.8 Å². The first-order valence-electron chi connectivity index (χ1n) is 10.7. The van der Waals surface area contributed by atoms with Gasteiger partial charge in [-0.05, 0) is 54.8 Å². The highest BCUT2D eigenvalue weighted by Gasteiger charge is 2.28. The second-order valence-electron chi connectivity index (χ2n) is 7.50. The van der Waals surface area contributed by atoms with Crippen molar-refractivity contribution < 1.29 is 29.3 Å². The zero-order chi connectivity index (χ0) is 23.3. The summed E-state index contributed by atoms with van der Waals surface area (Å²) in [5.74, 6) is 5.77. The highest BCUT2D eigenvalue weighted by molar-refractivity contribution is 5.85. The Hall–Kier alpha value is -2.91. The van der Waals surface area contributed by atoms with E-state index in [2.05, 4.69) is 4.84 Å². The van der Waals surface area contributed by atoms with Gasteiger partial charge in [0.05, 0.1) is 24.9 Å². The first kappa shape index (κ1) is 23.7. The number of aliphatic hydroxyl groups is 2. The summed E-state index contributed by atoms with van der Waals surface area (Å²) in [6.45, 7) is 3.84. The van der Waals surface area contributed by atoms with Crippen LogP contribution in [-0.2, 0) is 11.2 Å². The minimum Gasteiger partial charge on any atom is -0.507 e. The number of ether oxygens (including phenoxy) is 1. The summed E-state index contributed by atoms with van der Waals surface area (Å²) >= 11 is 0. The molecule has 1 aromatic heterocycles. The Morgan fingerprint density at radius 2 is 1.78 bits per heavy atom. The Morgan fingerprint density at radius 3 is 2.44 bits per heavy atom. The van der Waals surface area contributed by atoms with Crippen LogP contribution in [0.1, 0.15) is 32.3 Å². The molecule has 3 atom stereocenters. The number of phenols is 1. The summed E-state index contributed by atoms with van der Waals surface area (Å²) in [5.41, 5.74) is 1.24. The van der Waals surface area contributed by atoms with Crippen LogP contribution in [0, 0.1) is 0 Å². The number of aliphatic hydroxyl groups excluding tert-OH is 2. The molecule has 0 amide bonds. The van der Waals surface area contributed by atoms with Gasteiger partial charge in [-0.15, -0.1) is 0 Å². The van der Waals surface area contributed by atoms with Crippen molar-refractivity contribution in [3.8, 4) is 22.8 Å². The van der Waals surface area contributed by atoms with Gasteiger partial charge < -0.3 is 29.3 Å². The Morgan fingerprint density at radius 1 is 1.09 bits per heavy atom. The molecule has 8 nitrogen and oxygen atoms in total. The number of aromatic hydroxyl groups is 1. The Labute approximate surface area is 185 Å². The molecule has 4 rings (SSSR count). The van der Waals surface area contributed by atoms with Crippen molar-refractivity contribution in [2.45, 2.75) is 51.4 Å². The molecule has 8 heteroatoms. The van der Waals surface area contributed by atoms with Crippen LogP contribution in [0.3, 0.4) is 0 Å². The third-order valence-corrected chi connectivity index (χ3v) is 5.27. The van der Waals surface area contributed by atoms with Gasteiger partial charge >= 0.3 is 0 Å². The van der Waals surface area contributed by atoms with Crippen molar-refractivity contribution in [3.63, 3.8) is 0 Å². The first-order chi connectivity index (χ1) is 15.5. The molecule has 5 N–H and O–H groups in total. The number of phenolic OH excluding ortho intramolecular Hbond substituents is 1. The molecule has 3 unspecified atom stereocenters. The molecule has 2 aromatic carbocycles. The van der Waals surface area contributed by atoms with Gasteiger partial charge in [-0.25, -0.2) is 0 Å². The molecular weight excluding hydrogens is 414 g/mol. The molecule has 0 radical (unpaired) electrons. The lowest BCUT2D eigenvalue weighted by Gasteiger charge is -2.32. The van der Waals surface area contributed by atoms with Crippen LogP contribution in [0.15, 0.2) is 51.7 Å². The minimum atomic E-state index is -0.556. The van der Waals surface area contributed by atoms with E-state index >= 15 is 0 Å². The number of hydrogen-bond donors (Lipinski definition) is 4. The minimum absolute atomic E-state index is 0.0993. The smallest absolute Gasteiger partial charge is 0.197 e. The fraction of sp³-hybridized carbons (Fsp3) is 0.375. The van der Waals surface area contributed by atoms with E-state index in [4.69, 9.17) is 15.1 Å². The van der Waals surface area contributed by atoms with Gasteiger partial charge in [0.1, 0.15) is 28.2 Å². The molecule has 1 aliphatic heterocycles. The molecule has 0 spiro atoms. The monoisotopic (exact) mass is 443 g/mol. The Kier molecular flexibility index (Phi) is 7.87. The van der Waals surface area contributed by atoms with E-state index in [1.54, 1.807) is 30.3 Å². The van der Waals surface area contributed by atoms with E-state index < -0.39 is 12.2 Å². The Bertz CT molecular complexity index is 1090. The predicted molar refractivity (Wildman–Crippen MR) is 120 cm³/mol. The average molecular weight is 443 g/mol. The average Bonchev–Trinajstić information content (AvgIpc) is 2.79. The summed E-state index contributed by atoms with van der Waals surface area (Å²) in [4.78, 5) is 17.2. The normalized spacial score (nSPS) is 20.5. The Balaban J connectivity index is 0.00000141. The van der Waals surface area contributed by atoms with Crippen LogP contribution in [-0.4, -0.2) is 40.2 Å². The number of rotatable bonds is 5. The fourth-order valence-electron chi connectivity index (χ4n) is 3.88. The third kappa shape index (κ3) is 5.28. The molecule has 1 fully saturated rings. The molecular formula is C24H29NO7. The van der Waals surface area contributed by atoms with E-state index in [0.717, 1.165) is 0 Å². The van der Waals surface area contributed by atoms with Crippen LogP contribution in [0.25, 0.3) is 22.3 Å². The van der Waals surface area contributed by atoms with Gasteiger partial charge in [-0.2, -0.15) is 5.90 Å². The summed E-state index contributed by atoms with van der Waals surface area (Å²) in [6, 6.07) is 11.2. The SMILES string of the molecule is CC.NOc1ccc(-c2cc(=O)c3c(O)cc(CC4CC(O)CC(CO)O4)cc3o2)cc1. The summed E-state index contributed by atoms with van der Waals surface area (Å²) in [7, 11) is 0. The number of hydrogen-bond acceptors (Lipinski definition) is 8. The zero-order valence-corrected chi connectivity index (χ0v) is 18.2. The molecule has 32 heavy (non-hydrogen) atoms. The van der Waals surface area contributed by atoms with Crippen molar-refractivity contribution in [2.75, 3.05) is 6.61 Å². The maximum Gasteiger partial charge on any atom is 0.197 e. The standard InChI is InChI=1S/C22H23NO7.C2H6/c23-30-15-3-1-13(2-4-15)20-10-19(27)22-18(26)6-12(7-21(22)29-20)5-16-8-14(25)9-17(11-24)28-16;1-2/h1-4,6-7,10,14,16-17,24-26H,5,8-9,11,23H2;1-2H3. The largest absolute Gasteiger partial charge is 0.507 e. The molecule has 1 aliphatic rings. The molecule has 3 aromatic rings. The molecule has 2 heterocycles. The van der Waals surface area contributed by atoms with E-state index in [0.29, 0.717) is 41.9 Å². The van der Waals surface area contributed by atoms with Crippen LogP contribution in [0.2, 0.25) is 0 Å². The van der Waals surface area contributed by atoms with E-state index in [9.17, 15) is 20.1 Å². The molecule has 172 valence electrons. The number of benzene rings is 2. The van der Waals surface area contributed by atoms with Crippen LogP contribution in [0.5, 0.6) is 11.5 Å². The van der Waals surface area contributed by atoms with Gasteiger partial charge in [-0.1, -0.05) is 13.8 Å². The lowest BCUT2D eigenvalue weighted by atomic mass is 9.96. The lowest BCUT2D eigenvalue weighted by Crippen LogP contribution is -2.38. The predicted octanol–water partition coefficient (Wildman–Crippen LogP) is 2.89. The second kappa shape index (κ2) is 10.6. The van der Waals surface area contributed by atoms with Crippen molar-refractivity contribution in [2.24, 2.45) is 5.90 Å². The molecule has 0 bridgehead atoms. The van der Waals surface area contributed by atoms with Crippen molar-refractivity contribution in [1.29, 1.82) is 0 Å². The number of fused-ring (bicyclic) bond motifs is 1. The summed E-state index contributed by atoms with van der Waals surface area (Å²) < 4.78 is 11.7. The lowest BCUT2D eigenvalue weighted by molar-refractivity contribution is -0.110. The second-order valence-corrected chi connectivity index (χ2v) is 7.50. The van der Waals surface area contributed by atoms with Crippen LogP contribution >= 0.6 is 0 Å². The molecule has 0 aliphatic carbocycles. The van der Waals surface area contributed by atoms with Gasteiger partial charge in [0.15, 0.2) is 5.43 Å². The van der Waals surface area contributed by atoms with Gasteiger partial charge in [0, 0.05) is 18.1 Å². The fourth-order valence-corrected chi connectivity index (χ4v) is 3.88. The zero-order valence-electron chi connectivity index (χ0n) is 18.2. The maximum absolute atomic E-state index is 12.6. The van der Waals surface area contributed by atoms with Gasteiger partial charge in [-0.3, -0.25) is 4.79 Å². The van der Waals surface area contributed by atoms with E-state index in [1.165, 1.54) is 12.1 Å². The highest BCUT2D eigenvalue weighted by Crippen LogP contribution is 2.30. The van der Waals surface area contributed by atoms with E-state index in [-0.39, 0.29) is 34.9 Å². The van der Waals surface area contributed by atoms with Crippen LogP contribution < -0.4 is 16.2 Å². The topological polar surface area (TPSA) is 135 Å².